The van der Waals surface area contributed by atoms with Gasteiger partial charge in [-0.3, -0.25) is 4.79 Å². The molecule has 0 aliphatic carbocycles. The van der Waals surface area contributed by atoms with Crippen molar-refractivity contribution in [1.29, 1.82) is 5.26 Å². The number of halogens is 2. The van der Waals surface area contributed by atoms with Gasteiger partial charge in [0.05, 0.1) is 24.4 Å². The topological polar surface area (TPSA) is 103 Å². The molecule has 2 aromatic heterocycles. The largest absolute Gasteiger partial charge is 0.484 e. The summed E-state index contributed by atoms with van der Waals surface area (Å²) >= 11 is 0. The number of oxazole rings is 1. The maximum atomic E-state index is 13.3. The van der Waals surface area contributed by atoms with Gasteiger partial charge in [-0.25, -0.2) is 13.8 Å². The lowest BCUT2D eigenvalue weighted by atomic mass is 9.95. The molecule has 2 fully saturated rings. The van der Waals surface area contributed by atoms with Crippen LogP contribution in [0.25, 0.3) is 22.0 Å². The number of nitrogens with zero attached hydrogens (tertiary/aromatic N) is 4. The molecule has 2 aliphatic heterocycles. The minimum atomic E-state index is -2.68. The predicted molar refractivity (Wildman–Crippen MR) is 148 cm³/mol. The highest BCUT2D eigenvalue weighted by atomic mass is 19.3. The fraction of sp³-hybridized carbons (Fsp3) is 0.433. The Bertz CT molecular complexity index is 1700. The Morgan fingerprint density at radius 2 is 1.98 bits per heavy atom. The number of hydrogen-bond donors (Lipinski definition) is 0. The van der Waals surface area contributed by atoms with Crippen LogP contribution in [0.15, 0.2) is 39.5 Å². The summed E-state index contributed by atoms with van der Waals surface area (Å²) in [5.41, 5.74) is 3.21. The normalized spacial score (nSPS) is 18.0. The molecule has 41 heavy (non-hydrogen) atoms. The lowest BCUT2D eigenvalue weighted by Gasteiger charge is -2.34. The Balaban J connectivity index is 1.37. The maximum Gasteiger partial charge on any atom is 0.272 e. The second-order valence-corrected chi connectivity index (χ2v) is 10.6. The molecule has 6 rings (SSSR count). The molecule has 0 radical (unpaired) electrons. The number of nitriles is 1. The number of ether oxygens (including phenoxy) is 3. The van der Waals surface area contributed by atoms with Gasteiger partial charge >= 0.3 is 0 Å². The number of fused-ring (bicyclic) bond motifs is 2. The number of pyridine rings is 1. The second kappa shape index (κ2) is 11.0. The molecule has 1 unspecified atom stereocenters. The van der Waals surface area contributed by atoms with E-state index in [1.54, 1.807) is 19.2 Å². The molecular weight excluding hydrogens is 534 g/mol. The van der Waals surface area contributed by atoms with Crippen molar-refractivity contribution < 1.29 is 27.4 Å². The Kier molecular flexibility index (Phi) is 7.26. The third kappa shape index (κ3) is 5.20. The highest BCUT2D eigenvalue weighted by Crippen LogP contribution is 2.40. The Morgan fingerprint density at radius 3 is 2.68 bits per heavy atom. The van der Waals surface area contributed by atoms with Crippen molar-refractivity contribution >= 4 is 27.7 Å². The van der Waals surface area contributed by atoms with E-state index in [0.29, 0.717) is 68.0 Å². The summed E-state index contributed by atoms with van der Waals surface area (Å²) in [6.45, 7) is 3.20. The molecule has 1 atom stereocenters. The Labute approximate surface area is 234 Å². The third-order valence-corrected chi connectivity index (χ3v) is 7.81. The summed E-state index contributed by atoms with van der Waals surface area (Å²) in [4.78, 5) is 20.1. The number of aromatic nitrogens is 2. The van der Waals surface area contributed by atoms with Crippen molar-refractivity contribution in [3.05, 3.63) is 57.7 Å². The van der Waals surface area contributed by atoms with Crippen molar-refractivity contribution in [2.24, 2.45) is 7.05 Å². The van der Waals surface area contributed by atoms with Gasteiger partial charge in [0.15, 0.2) is 23.0 Å². The molecule has 4 heterocycles. The van der Waals surface area contributed by atoms with Gasteiger partial charge in [-0.05, 0) is 43.5 Å². The van der Waals surface area contributed by atoms with Crippen molar-refractivity contribution in [3.8, 4) is 17.6 Å². The lowest BCUT2D eigenvalue weighted by molar-refractivity contribution is 0.0778. The van der Waals surface area contributed by atoms with Crippen LogP contribution in [0.1, 0.15) is 42.2 Å². The Hall–Kier alpha value is -4.17. The summed E-state index contributed by atoms with van der Waals surface area (Å²) in [5, 5.41) is 10.6. The van der Waals surface area contributed by atoms with Crippen LogP contribution in [0, 0.1) is 18.3 Å². The van der Waals surface area contributed by atoms with E-state index in [1.807, 2.05) is 30.0 Å². The fourth-order valence-electron chi connectivity index (χ4n) is 5.68. The van der Waals surface area contributed by atoms with Crippen molar-refractivity contribution in [1.82, 2.24) is 9.55 Å². The number of piperidine rings is 1. The van der Waals surface area contributed by atoms with E-state index in [4.69, 9.17) is 23.6 Å². The van der Waals surface area contributed by atoms with Crippen LogP contribution < -0.4 is 19.9 Å². The molecule has 9 nitrogen and oxygen atoms in total. The van der Waals surface area contributed by atoms with Crippen LogP contribution >= 0.6 is 0 Å². The lowest BCUT2D eigenvalue weighted by Crippen LogP contribution is -2.36. The van der Waals surface area contributed by atoms with Gasteiger partial charge in [-0.2, -0.15) is 5.26 Å². The SMILES string of the molecule is Cc1ccc2oc(C3CCN(c4c(C#N)c(=O)n(C)c5cc(OC6CCOC6)c(OCC(F)F)cc45)CC3)nc2c1. The summed E-state index contributed by atoms with van der Waals surface area (Å²) in [6.07, 6.45) is -0.891. The van der Waals surface area contributed by atoms with Gasteiger partial charge in [-0.15, -0.1) is 0 Å². The van der Waals surface area contributed by atoms with Gasteiger partial charge in [0.2, 0.25) is 0 Å². The van der Waals surface area contributed by atoms with E-state index in [9.17, 15) is 18.8 Å². The zero-order valence-corrected chi connectivity index (χ0v) is 22.9. The van der Waals surface area contributed by atoms with Crippen molar-refractivity contribution in [2.45, 2.75) is 44.6 Å². The highest BCUT2D eigenvalue weighted by molar-refractivity contribution is 5.97. The second-order valence-electron chi connectivity index (χ2n) is 10.6. The first kappa shape index (κ1) is 27.0. The minimum Gasteiger partial charge on any atom is -0.484 e. The van der Waals surface area contributed by atoms with Gasteiger partial charge in [0.1, 0.15) is 29.9 Å². The highest BCUT2D eigenvalue weighted by Gasteiger charge is 2.30. The van der Waals surface area contributed by atoms with Crippen LogP contribution in [0.2, 0.25) is 0 Å². The number of alkyl halides is 2. The average Bonchev–Trinajstić information content (AvgIpc) is 3.64. The van der Waals surface area contributed by atoms with Crippen LogP contribution in [0.5, 0.6) is 11.5 Å². The van der Waals surface area contributed by atoms with Crippen LogP contribution in [-0.4, -0.2) is 55.0 Å². The molecule has 214 valence electrons. The van der Waals surface area contributed by atoms with E-state index in [1.165, 1.54) is 4.57 Å². The summed E-state index contributed by atoms with van der Waals surface area (Å²) < 4.78 is 50.7. The van der Waals surface area contributed by atoms with E-state index >= 15 is 0 Å². The molecule has 11 heteroatoms. The van der Waals surface area contributed by atoms with E-state index < -0.39 is 18.6 Å². The monoisotopic (exact) mass is 564 g/mol. The van der Waals surface area contributed by atoms with Crippen LogP contribution in [0.3, 0.4) is 0 Å². The molecule has 2 saturated heterocycles. The van der Waals surface area contributed by atoms with Crippen LogP contribution in [0.4, 0.5) is 14.5 Å². The summed E-state index contributed by atoms with van der Waals surface area (Å²) in [7, 11) is 1.58. The number of hydrogen-bond acceptors (Lipinski definition) is 8. The third-order valence-electron chi connectivity index (χ3n) is 7.81. The molecular formula is C30H30F2N4O5. The zero-order chi connectivity index (χ0) is 28.7. The molecule has 4 aromatic rings. The van der Waals surface area contributed by atoms with E-state index in [0.717, 1.165) is 16.7 Å². The number of rotatable bonds is 7. The molecule has 0 bridgehead atoms. The minimum absolute atomic E-state index is 0.00606. The molecule has 0 amide bonds. The number of anilines is 1. The van der Waals surface area contributed by atoms with Gasteiger partial charge in [0, 0.05) is 43.9 Å². The first-order valence-electron chi connectivity index (χ1n) is 13.7. The summed E-state index contributed by atoms with van der Waals surface area (Å²) in [6, 6.07) is 11.2. The average molecular weight is 565 g/mol. The predicted octanol–water partition coefficient (Wildman–Crippen LogP) is 5.06. The smallest absolute Gasteiger partial charge is 0.272 e. The van der Waals surface area contributed by atoms with Crippen LogP contribution in [-0.2, 0) is 11.8 Å². The molecule has 2 aromatic carbocycles. The Morgan fingerprint density at radius 1 is 1.17 bits per heavy atom. The molecule has 0 saturated carbocycles. The first-order valence-corrected chi connectivity index (χ1v) is 13.7. The first-order chi connectivity index (χ1) is 19.8. The van der Waals surface area contributed by atoms with Gasteiger partial charge in [0.25, 0.3) is 12.0 Å². The molecule has 0 N–H and O–H groups in total. The van der Waals surface area contributed by atoms with Crippen molar-refractivity contribution in [2.75, 3.05) is 37.8 Å². The number of aryl methyl sites for hydroxylation is 2. The van der Waals surface area contributed by atoms with Crippen molar-refractivity contribution in [3.63, 3.8) is 0 Å². The maximum absolute atomic E-state index is 13.3. The zero-order valence-electron chi connectivity index (χ0n) is 22.9. The van der Waals surface area contributed by atoms with Gasteiger partial charge in [-0.1, -0.05) is 6.07 Å². The number of benzene rings is 2. The molecule has 0 spiro atoms. The standard InChI is InChI=1S/C30H30F2N4O5/c1-17-3-4-24-22(11-17)34-29(41-24)18-5-8-36(9-6-18)28-20-12-25(39-16-27(31)32)26(40-19-7-10-38-15-19)13-23(20)35(2)30(37)21(28)14-33/h3-4,11-13,18-19,27H,5-10,15-16H2,1-2H3. The van der Waals surface area contributed by atoms with Gasteiger partial charge < -0.3 is 28.1 Å². The fourth-order valence-corrected chi connectivity index (χ4v) is 5.68. The molecule has 2 aliphatic rings. The van der Waals surface area contributed by atoms with E-state index in [-0.39, 0.29) is 29.1 Å². The summed E-state index contributed by atoms with van der Waals surface area (Å²) in [5.74, 6) is 1.15. The quantitative estimate of drug-likeness (QED) is 0.307. The van der Waals surface area contributed by atoms with E-state index in [2.05, 4.69) is 6.07 Å².